The summed E-state index contributed by atoms with van der Waals surface area (Å²) in [5.41, 5.74) is 1.64. The summed E-state index contributed by atoms with van der Waals surface area (Å²) in [7, 11) is 2.91. The number of hydrogen-bond acceptors (Lipinski definition) is 3. The molecule has 1 aliphatic rings. The highest BCUT2D eigenvalue weighted by molar-refractivity contribution is 5.98. The first-order valence-corrected chi connectivity index (χ1v) is 7.49. The molecule has 7 heteroatoms. The fourth-order valence-electron chi connectivity index (χ4n) is 2.82. The largest absolute Gasteiger partial charge is 0.496 e. The van der Waals surface area contributed by atoms with Gasteiger partial charge in [-0.25, -0.2) is 0 Å². The number of benzene rings is 2. The van der Waals surface area contributed by atoms with Crippen LogP contribution >= 0.6 is 0 Å². The van der Waals surface area contributed by atoms with Gasteiger partial charge in [0.2, 0.25) is 0 Å². The van der Waals surface area contributed by atoms with Crippen LogP contribution in [0.5, 0.6) is 5.75 Å². The number of carbonyl (C=O) groups is 1. The number of rotatable bonds is 3. The molecule has 0 aliphatic carbocycles. The van der Waals surface area contributed by atoms with Crippen molar-refractivity contribution in [2.24, 2.45) is 4.99 Å². The smallest absolute Gasteiger partial charge is 0.416 e. The van der Waals surface area contributed by atoms with Crippen LogP contribution < -0.4 is 10.1 Å². The fourth-order valence-corrected chi connectivity index (χ4v) is 2.82. The number of hydrogen-bond donors (Lipinski definition) is 1. The van der Waals surface area contributed by atoms with Crippen LogP contribution in [0, 0.1) is 0 Å². The highest BCUT2D eigenvalue weighted by atomic mass is 19.4. The fraction of sp³-hybridized carbons (Fsp3) is 0.222. The summed E-state index contributed by atoms with van der Waals surface area (Å²) < 4.78 is 45.0. The zero-order chi connectivity index (χ0) is 18.2. The minimum Gasteiger partial charge on any atom is -0.496 e. The van der Waals surface area contributed by atoms with Crippen molar-refractivity contribution >= 4 is 12.1 Å². The molecule has 2 aromatic rings. The minimum atomic E-state index is -4.46. The third kappa shape index (κ3) is 3.09. The van der Waals surface area contributed by atoms with Gasteiger partial charge in [0.25, 0.3) is 5.91 Å². The van der Waals surface area contributed by atoms with Crippen molar-refractivity contribution in [2.45, 2.75) is 12.7 Å². The van der Waals surface area contributed by atoms with Crippen molar-refractivity contribution in [2.75, 3.05) is 14.2 Å². The van der Waals surface area contributed by atoms with Crippen molar-refractivity contribution in [3.8, 4) is 16.9 Å². The monoisotopic (exact) mass is 348 g/mol. The van der Waals surface area contributed by atoms with Gasteiger partial charge in [-0.3, -0.25) is 9.79 Å². The number of alkyl halides is 3. The molecular formula is C18H15F3N2O2. The Morgan fingerprint density at radius 2 is 1.96 bits per heavy atom. The number of nitrogens with one attached hydrogen (secondary N) is 1. The molecule has 1 aliphatic heterocycles. The maximum Gasteiger partial charge on any atom is 0.416 e. The van der Waals surface area contributed by atoms with E-state index in [9.17, 15) is 18.0 Å². The molecule has 130 valence electrons. The molecule has 0 unspecified atom stereocenters. The summed E-state index contributed by atoms with van der Waals surface area (Å²) in [6.07, 6.45) is -2.89. The first kappa shape index (κ1) is 17.0. The maximum absolute atomic E-state index is 13.2. The van der Waals surface area contributed by atoms with Crippen LogP contribution in [-0.2, 0) is 12.7 Å². The summed E-state index contributed by atoms with van der Waals surface area (Å²) in [6.45, 7) is 0.213. The van der Waals surface area contributed by atoms with E-state index in [0.29, 0.717) is 33.6 Å². The lowest BCUT2D eigenvalue weighted by atomic mass is 9.93. The number of methoxy groups -OCH3 is 1. The van der Waals surface area contributed by atoms with Crippen molar-refractivity contribution in [3.63, 3.8) is 0 Å². The molecule has 1 heterocycles. The first-order chi connectivity index (χ1) is 11.8. The molecule has 1 amide bonds. The zero-order valence-corrected chi connectivity index (χ0v) is 13.6. The maximum atomic E-state index is 13.2. The van der Waals surface area contributed by atoms with E-state index in [1.807, 2.05) is 0 Å². The van der Waals surface area contributed by atoms with E-state index in [2.05, 4.69) is 10.3 Å². The second-order valence-electron chi connectivity index (χ2n) is 5.56. The molecule has 1 N–H and O–H groups in total. The van der Waals surface area contributed by atoms with Gasteiger partial charge in [0.1, 0.15) is 5.75 Å². The van der Waals surface area contributed by atoms with Crippen LogP contribution in [-0.4, -0.2) is 26.3 Å². The lowest BCUT2D eigenvalue weighted by Gasteiger charge is -2.16. The average Bonchev–Trinajstić information content (AvgIpc) is 3.07. The van der Waals surface area contributed by atoms with Crippen LogP contribution in [0.1, 0.15) is 27.0 Å². The molecule has 0 saturated carbocycles. The Kier molecular flexibility index (Phi) is 4.24. The SMILES string of the molecule is CNC(=O)c1ccc(-c2cc(C(F)(F)F)cc3c2C=NC3)c(OC)c1. The van der Waals surface area contributed by atoms with E-state index >= 15 is 0 Å². The Bertz CT molecular complexity index is 873. The Balaban J connectivity index is 2.21. The number of ether oxygens (including phenoxy) is 1. The van der Waals surface area contributed by atoms with Crippen LogP contribution in [0.25, 0.3) is 11.1 Å². The predicted molar refractivity (Wildman–Crippen MR) is 88.1 cm³/mol. The molecule has 0 fully saturated rings. The standard InChI is InChI=1S/C18H15F3N2O2/c1-22-17(24)10-3-4-13(16(6-10)25-2)14-7-12(18(19,20)21)5-11-8-23-9-15(11)14/h3-7,9H,8H2,1-2H3,(H,22,24). The van der Waals surface area contributed by atoms with Crippen LogP contribution in [0.2, 0.25) is 0 Å². The van der Waals surface area contributed by atoms with Gasteiger partial charge in [0.15, 0.2) is 0 Å². The summed E-state index contributed by atoms with van der Waals surface area (Å²) in [6, 6.07) is 6.86. The molecule has 0 bridgehead atoms. The van der Waals surface area contributed by atoms with Crippen LogP contribution in [0.15, 0.2) is 35.3 Å². The van der Waals surface area contributed by atoms with Crippen molar-refractivity contribution in [1.29, 1.82) is 0 Å². The topological polar surface area (TPSA) is 50.7 Å². The molecule has 0 saturated heterocycles. The van der Waals surface area contributed by atoms with Gasteiger partial charge in [0.05, 0.1) is 19.2 Å². The summed E-state index contributed by atoms with van der Waals surface area (Å²) in [4.78, 5) is 15.8. The van der Waals surface area contributed by atoms with E-state index < -0.39 is 11.7 Å². The molecule has 4 nitrogen and oxygen atoms in total. The summed E-state index contributed by atoms with van der Waals surface area (Å²) in [5.74, 6) is 0.0172. The second kappa shape index (κ2) is 6.23. The lowest BCUT2D eigenvalue weighted by Crippen LogP contribution is -2.17. The van der Waals surface area contributed by atoms with E-state index in [1.54, 1.807) is 18.3 Å². The van der Waals surface area contributed by atoms with E-state index in [4.69, 9.17) is 4.74 Å². The Morgan fingerprint density at radius 3 is 2.60 bits per heavy atom. The average molecular weight is 348 g/mol. The van der Waals surface area contributed by atoms with E-state index in [-0.39, 0.29) is 12.5 Å². The van der Waals surface area contributed by atoms with Crippen molar-refractivity contribution < 1.29 is 22.7 Å². The van der Waals surface area contributed by atoms with Crippen molar-refractivity contribution in [3.05, 3.63) is 52.6 Å². The number of nitrogens with zero attached hydrogens (tertiary/aromatic N) is 1. The summed E-state index contributed by atoms with van der Waals surface area (Å²) >= 11 is 0. The van der Waals surface area contributed by atoms with Gasteiger partial charge >= 0.3 is 6.18 Å². The van der Waals surface area contributed by atoms with Crippen LogP contribution in [0.3, 0.4) is 0 Å². The van der Waals surface area contributed by atoms with Crippen LogP contribution in [0.4, 0.5) is 13.2 Å². The molecule has 0 aromatic heterocycles. The molecule has 3 rings (SSSR count). The molecule has 25 heavy (non-hydrogen) atoms. The molecule has 0 spiro atoms. The second-order valence-corrected chi connectivity index (χ2v) is 5.56. The van der Waals surface area contributed by atoms with Gasteiger partial charge in [-0.2, -0.15) is 13.2 Å². The van der Waals surface area contributed by atoms with Crippen molar-refractivity contribution in [1.82, 2.24) is 5.32 Å². The number of halogens is 3. The van der Waals surface area contributed by atoms with Gasteiger partial charge in [-0.05, 0) is 41.5 Å². The molecule has 0 radical (unpaired) electrons. The molecular weight excluding hydrogens is 333 g/mol. The van der Waals surface area contributed by atoms with E-state index in [0.717, 1.165) is 12.1 Å². The first-order valence-electron chi connectivity index (χ1n) is 7.49. The van der Waals surface area contributed by atoms with Gasteiger partial charge in [-0.1, -0.05) is 0 Å². The Morgan fingerprint density at radius 1 is 1.20 bits per heavy atom. The quantitative estimate of drug-likeness (QED) is 0.920. The normalized spacial score (nSPS) is 12.8. The minimum absolute atomic E-state index is 0.213. The van der Waals surface area contributed by atoms with E-state index in [1.165, 1.54) is 20.2 Å². The molecule has 2 aromatic carbocycles. The number of fused-ring (bicyclic) bond motifs is 1. The third-order valence-corrected chi connectivity index (χ3v) is 4.06. The molecule has 0 atom stereocenters. The third-order valence-electron chi connectivity index (χ3n) is 4.06. The highest BCUT2D eigenvalue weighted by Gasteiger charge is 2.33. The van der Waals surface area contributed by atoms with Gasteiger partial charge in [-0.15, -0.1) is 0 Å². The number of aliphatic imine (C=N–C) groups is 1. The lowest BCUT2D eigenvalue weighted by molar-refractivity contribution is -0.137. The predicted octanol–water partition coefficient (Wildman–Crippen LogP) is 3.67. The zero-order valence-electron chi connectivity index (χ0n) is 13.6. The van der Waals surface area contributed by atoms with Gasteiger partial charge in [0, 0.05) is 30.0 Å². The highest BCUT2D eigenvalue weighted by Crippen LogP contribution is 2.40. The Hall–Kier alpha value is -2.83. The Labute approximate surface area is 142 Å². The number of amides is 1. The number of carbonyl (C=O) groups excluding carboxylic acids is 1. The van der Waals surface area contributed by atoms with Gasteiger partial charge < -0.3 is 10.1 Å². The summed E-state index contributed by atoms with van der Waals surface area (Å²) in [5, 5.41) is 2.50.